The van der Waals surface area contributed by atoms with Crippen molar-refractivity contribution in [2.45, 2.75) is 51.8 Å². The number of nitrogens with one attached hydrogen (secondary N) is 1. The van der Waals surface area contributed by atoms with Crippen LogP contribution in [-0.4, -0.2) is 87.0 Å². The third kappa shape index (κ3) is 4.42. The minimum Gasteiger partial charge on any atom is -0.510 e. The molecule has 0 unspecified atom stereocenters. The van der Waals surface area contributed by atoms with Crippen molar-refractivity contribution in [3.63, 3.8) is 0 Å². The lowest BCUT2D eigenvalue weighted by atomic mass is 9.58. The van der Waals surface area contributed by atoms with E-state index in [-0.39, 0.29) is 41.5 Å². The van der Waals surface area contributed by atoms with E-state index in [2.05, 4.69) is 20.8 Å². The van der Waals surface area contributed by atoms with Gasteiger partial charge < -0.3 is 36.5 Å². The summed E-state index contributed by atoms with van der Waals surface area (Å²) in [6.07, 6.45) is 0.206. The fourth-order valence-corrected chi connectivity index (χ4v) is 6.67. The number of carbonyl (C=O) groups excluding carboxylic acids is 2. The van der Waals surface area contributed by atoms with Gasteiger partial charge in [0.25, 0.3) is 5.91 Å². The number of carbonyl (C=O) groups is 2. The minimum absolute atomic E-state index is 0.0430. The summed E-state index contributed by atoms with van der Waals surface area (Å²) < 4.78 is 15.3. The number of aromatic hydroxyl groups is 1. The highest BCUT2D eigenvalue weighted by Gasteiger charge is 2.61. The largest absolute Gasteiger partial charge is 0.510 e. The summed E-state index contributed by atoms with van der Waals surface area (Å²) in [6, 6.07) is 0.570. The van der Waals surface area contributed by atoms with Gasteiger partial charge in [-0.05, 0) is 50.9 Å². The van der Waals surface area contributed by atoms with Crippen molar-refractivity contribution in [3.05, 3.63) is 51.2 Å². The van der Waals surface area contributed by atoms with Gasteiger partial charge in [-0.1, -0.05) is 26.8 Å². The number of halogens is 1. The molecule has 0 spiro atoms. The maximum atomic E-state index is 15.3. The highest BCUT2D eigenvalue weighted by Crippen LogP contribution is 2.52. The van der Waals surface area contributed by atoms with E-state index in [1.165, 1.54) is 0 Å². The number of ketones is 1. The van der Waals surface area contributed by atoms with Gasteiger partial charge >= 0.3 is 0 Å². The molecule has 1 aromatic rings. The Bertz CT molecular complexity index is 1340. The van der Waals surface area contributed by atoms with Crippen LogP contribution in [0.1, 0.15) is 48.7 Å². The Morgan fingerprint density at radius 2 is 1.85 bits per heavy atom. The zero-order chi connectivity index (χ0) is 29.4. The number of likely N-dealkylation sites (N-methyl/N-ethyl adjacent to an activating group) is 1. The Labute approximate surface area is 226 Å². The van der Waals surface area contributed by atoms with Gasteiger partial charge in [-0.15, -0.1) is 0 Å². The standard InChI is InChI=1S/C28H37FN4O6/c1-27(2,3)11-33(6)10-14-8-12-7-13-9-15-20(32(4)5)23(36)18(26(31)38)24(30)28(15,39)25(37)17(13)21(34)16(12)22(35)19(14)29/h8,13,15,20,30,35-37,39H,7,9-11H2,1-6H3,(H2,31,38)/t13-,15-,20-,28+/m0/s1. The van der Waals surface area contributed by atoms with Crippen molar-refractivity contribution in [1.29, 1.82) is 5.41 Å². The smallest absolute Gasteiger partial charge is 0.254 e. The van der Waals surface area contributed by atoms with Gasteiger partial charge in [0.2, 0.25) is 0 Å². The molecule has 3 aliphatic carbocycles. The number of hydrogen-bond donors (Lipinski definition) is 6. The number of hydrogen-bond acceptors (Lipinski definition) is 9. The molecule has 0 bridgehead atoms. The van der Waals surface area contributed by atoms with Crippen LogP contribution in [0.15, 0.2) is 28.7 Å². The zero-order valence-electron chi connectivity index (χ0n) is 23.1. The van der Waals surface area contributed by atoms with Crippen molar-refractivity contribution < 1.29 is 34.4 Å². The van der Waals surface area contributed by atoms with Crippen LogP contribution >= 0.6 is 0 Å². The number of aliphatic hydroxyl groups is 3. The molecule has 0 radical (unpaired) electrons. The average molecular weight is 545 g/mol. The van der Waals surface area contributed by atoms with Gasteiger partial charge in [0, 0.05) is 30.1 Å². The van der Waals surface area contributed by atoms with E-state index in [0.717, 1.165) is 0 Å². The van der Waals surface area contributed by atoms with Crippen molar-refractivity contribution in [2.24, 2.45) is 23.0 Å². The summed E-state index contributed by atoms with van der Waals surface area (Å²) in [5, 5.41) is 53.3. The maximum Gasteiger partial charge on any atom is 0.254 e. The van der Waals surface area contributed by atoms with Gasteiger partial charge in [0.15, 0.2) is 23.0 Å². The average Bonchev–Trinajstić information content (AvgIpc) is 2.77. The Morgan fingerprint density at radius 1 is 1.23 bits per heavy atom. The first-order valence-corrected chi connectivity index (χ1v) is 12.8. The molecule has 1 amide bonds. The number of phenols is 1. The summed E-state index contributed by atoms with van der Waals surface area (Å²) in [5.74, 6) is -6.78. The molecule has 39 heavy (non-hydrogen) atoms. The molecule has 0 fully saturated rings. The third-order valence-corrected chi connectivity index (χ3v) is 7.97. The monoisotopic (exact) mass is 544 g/mol. The number of fused-ring (bicyclic) bond motifs is 3. The minimum atomic E-state index is -2.51. The van der Waals surface area contributed by atoms with E-state index >= 15 is 4.39 Å². The van der Waals surface area contributed by atoms with E-state index in [1.807, 2.05) is 11.9 Å². The second kappa shape index (κ2) is 9.42. The number of nitrogens with two attached hydrogens (primary N) is 1. The molecule has 1 aromatic carbocycles. The third-order valence-electron chi connectivity index (χ3n) is 7.97. The van der Waals surface area contributed by atoms with Crippen molar-refractivity contribution in [3.8, 4) is 5.75 Å². The first-order chi connectivity index (χ1) is 17.9. The van der Waals surface area contributed by atoms with Crippen LogP contribution in [0.5, 0.6) is 5.75 Å². The van der Waals surface area contributed by atoms with Crippen LogP contribution in [0.4, 0.5) is 4.39 Å². The molecule has 10 nitrogen and oxygen atoms in total. The Morgan fingerprint density at radius 3 is 2.38 bits per heavy atom. The SMILES string of the molecule is CN(Cc1cc2c(c(O)c1F)C(=O)C1=C(O)[C@]3(O)C(=N)C(C(N)=O)=C(O)[C@@H](N(C)C)[C@@H]3C[C@@H]1C2)CC(C)(C)C. The summed E-state index contributed by atoms with van der Waals surface area (Å²) >= 11 is 0. The van der Waals surface area contributed by atoms with Crippen LogP contribution in [-0.2, 0) is 17.8 Å². The van der Waals surface area contributed by atoms with Crippen LogP contribution in [0.3, 0.4) is 0 Å². The number of rotatable bonds is 5. The van der Waals surface area contributed by atoms with Crippen LogP contribution in [0, 0.1) is 28.5 Å². The van der Waals surface area contributed by atoms with Crippen molar-refractivity contribution >= 4 is 17.4 Å². The highest BCUT2D eigenvalue weighted by atomic mass is 19.1. The van der Waals surface area contributed by atoms with Gasteiger partial charge in [-0.3, -0.25) is 14.5 Å². The molecular formula is C28H37FN4O6. The normalized spacial score (nSPS) is 27.2. The number of aliphatic hydroxyl groups excluding tert-OH is 2. The molecule has 0 saturated heterocycles. The topological polar surface area (TPSA) is 171 Å². The number of amides is 1. The fraction of sp³-hybridized carbons (Fsp3) is 0.536. The first-order valence-electron chi connectivity index (χ1n) is 12.8. The number of phenolic OH excluding ortho intramolecular Hbond substituents is 1. The number of benzene rings is 1. The van der Waals surface area contributed by atoms with Gasteiger partial charge in [0.05, 0.1) is 17.3 Å². The summed E-state index contributed by atoms with van der Waals surface area (Å²) in [6.45, 7) is 7.03. The van der Waals surface area contributed by atoms with Crippen molar-refractivity contribution in [1.82, 2.24) is 9.80 Å². The predicted octanol–water partition coefficient (Wildman–Crippen LogP) is 2.19. The number of Topliss-reactive ketones (excluding diaryl/α,β-unsaturated/α-hetero) is 1. The van der Waals surface area contributed by atoms with Crippen LogP contribution in [0.25, 0.3) is 0 Å². The lowest BCUT2D eigenvalue weighted by Gasteiger charge is -2.51. The van der Waals surface area contributed by atoms with Gasteiger partial charge in [-0.25, -0.2) is 4.39 Å². The molecule has 4 rings (SSSR count). The molecule has 4 atom stereocenters. The van der Waals surface area contributed by atoms with E-state index in [1.54, 1.807) is 25.1 Å². The first kappa shape index (κ1) is 28.7. The van der Waals surface area contributed by atoms with E-state index in [9.17, 15) is 30.0 Å². The molecular weight excluding hydrogens is 507 g/mol. The zero-order valence-corrected chi connectivity index (χ0v) is 23.1. The predicted molar refractivity (Wildman–Crippen MR) is 142 cm³/mol. The van der Waals surface area contributed by atoms with Crippen LogP contribution < -0.4 is 5.73 Å². The second-order valence-corrected chi connectivity index (χ2v) is 12.5. The molecule has 11 heteroatoms. The second-order valence-electron chi connectivity index (χ2n) is 12.5. The fourth-order valence-electron chi connectivity index (χ4n) is 6.67. The summed E-state index contributed by atoms with van der Waals surface area (Å²) in [4.78, 5) is 29.3. The quantitative estimate of drug-likeness (QED) is 0.327. The Hall–Kier alpha value is -3.28. The molecule has 0 aromatic heterocycles. The molecule has 212 valence electrons. The Balaban J connectivity index is 1.84. The van der Waals surface area contributed by atoms with Gasteiger partial charge in [0.1, 0.15) is 17.1 Å². The molecule has 7 N–H and O–H groups in total. The molecule has 0 heterocycles. The maximum absolute atomic E-state index is 15.3. The summed E-state index contributed by atoms with van der Waals surface area (Å²) in [5.41, 5.74) is 1.50. The lowest BCUT2D eigenvalue weighted by Crippen LogP contribution is -2.63. The molecule has 3 aliphatic rings. The Kier molecular flexibility index (Phi) is 6.94. The number of primary amides is 1. The van der Waals surface area contributed by atoms with Crippen molar-refractivity contribution in [2.75, 3.05) is 27.7 Å². The highest BCUT2D eigenvalue weighted by molar-refractivity contribution is 6.26. The summed E-state index contributed by atoms with van der Waals surface area (Å²) in [7, 11) is 5.05. The van der Waals surface area contributed by atoms with E-state index in [4.69, 9.17) is 11.1 Å². The van der Waals surface area contributed by atoms with E-state index < -0.39 is 69.5 Å². The molecule has 0 saturated carbocycles. The van der Waals surface area contributed by atoms with Gasteiger partial charge in [-0.2, -0.15) is 0 Å². The number of allylic oxidation sites excluding steroid dienone is 1. The molecule has 0 aliphatic heterocycles. The van der Waals surface area contributed by atoms with Crippen LogP contribution in [0.2, 0.25) is 0 Å². The van der Waals surface area contributed by atoms with E-state index in [0.29, 0.717) is 12.1 Å². The lowest BCUT2D eigenvalue weighted by molar-refractivity contribution is -0.114. The number of nitrogens with zero attached hydrogens (tertiary/aromatic N) is 2.